The highest BCUT2D eigenvalue weighted by Crippen LogP contribution is 2.54. The van der Waals surface area contributed by atoms with E-state index in [1.165, 1.54) is 10.9 Å². The number of alkyl halides is 1. The molecule has 21 nitrogen and oxygen atoms in total. The van der Waals surface area contributed by atoms with E-state index < -0.39 is 83.7 Å². The maximum absolute atomic E-state index is 15.8. The molecule has 3 saturated heterocycles. The average molecular weight is 663 g/mol. The Labute approximate surface area is 244 Å². The highest BCUT2D eigenvalue weighted by Gasteiger charge is 2.53. The molecule has 3 unspecified atom stereocenters. The van der Waals surface area contributed by atoms with Crippen molar-refractivity contribution in [1.29, 1.82) is 0 Å². The summed E-state index contributed by atoms with van der Waals surface area (Å²) >= 11 is 0. The lowest BCUT2D eigenvalue weighted by molar-refractivity contribution is -0.0670. The highest BCUT2D eigenvalue weighted by atomic mass is 31.2. The van der Waals surface area contributed by atoms with Crippen LogP contribution in [0.5, 0.6) is 0 Å². The van der Waals surface area contributed by atoms with Crippen LogP contribution in [-0.2, 0) is 36.7 Å². The lowest BCUT2D eigenvalue weighted by Crippen LogP contribution is -2.34. The molecule has 0 aliphatic carbocycles. The second-order valence-corrected chi connectivity index (χ2v) is 12.9. The van der Waals surface area contributed by atoms with Gasteiger partial charge in [0.25, 0.3) is 5.56 Å². The van der Waals surface area contributed by atoms with E-state index in [1.807, 2.05) is 0 Å². The number of aromatic nitrogens is 6. The number of rotatable bonds is 2. The van der Waals surface area contributed by atoms with Crippen LogP contribution in [-0.4, -0.2) is 94.1 Å². The van der Waals surface area contributed by atoms with Crippen LogP contribution in [0.1, 0.15) is 30.8 Å². The van der Waals surface area contributed by atoms with Gasteiger partial charge in [-0.05, 0) is 0 Å². The van der Waals surface area contributed by atoms with Crippen LogP contribution in [0.2, 0.25) is 0 Å². The average Bonchev–Trinajstić information content (AvgIpc) is 3.72. The zero-order chi connectivity index (χ0) is 31.0. The summed E-state index contributed by atoms with van der Waals surface area (Å²) in [5, 5.41) is 12.8. The summed E-state index contributed by atoms with van der Waals surface area (Å²) in [7, 11) is -9.98. The van der Waals surface area contributed by atoms with Crippen molar-refractivity contribution in [3.05, 3.63) is 28.7 Å². The van der Waals surface area contributed by atoms with Gasteiger partial charge in [0.1, 0.15) is 29.8 Å². The minimum absolute atomic E-state index is 0.0328. The molecule has 0 saturated carbocycles. The van der Waals surface area contributed by atoms with Gasteiger partial charge in [-0.1, -0.05) is 0 Å². The number of aliphatic hydroxyl groups is 1. The number of aliphatic hydroxyl groups excluding tert-OH is 1. The number of ether oxygens (including phenoxy) is 2. The number of hydrogen-bond acceptors (Lipinski definition) is 16. The zero-order valence-corrected chi connectivity index (χ0v) is 23.8. The Morgan fingerprint density at radius 3 is 2.59 bits per heavy atom. The fourth-order valence-electron chi connectivity index (χ4n) is 5.35. The SMILES string of the molecule is Nc1nc2c(ncn2[C@@H]2O[C@@H]3COP(=O)(O)O[C@H]4[C@H](F)[C@H](n5cnc6c5NC=NC6O)O[C@@H]4COP(=O)(O)O[C@@H]2C3)c(=O)[nH]1. The third-order valence-electron chi connectivity index (χ3n) is 7.24. The molecule has 44 heavy (non-hydrogen) atoms. The molecule has 0 aromatic carbocycles. The third kappa shape index (κ3) is 5.26. The minimum Gasteiger partial charge on any atom is -0.369 e. The smallest absolute Gasteiger partial charge is 0.369 e. The van der Waals surface area contributed by atoms with Crippen LogP contribution in [0, 0.1) is 0 Å². The summed E-state index contributed by atoms with van der Waals surface area (Å²) in [6.45, 7) is -1.44. The van der Waals surface area contributed by atoms with E-state index in [-0.39, 0.29) is 35.0 Å². The first-order chi connectivity index (χ1) is 20.9. The molecule has 24 heteroatoms. The number of nitrogens with two attached hydrogens (primary N) is 1. The van der Waals surface area contributed by atoms with Crippen LogP contribution in [0.3, 0.4) is 0 Å². The number of anilines is 2. The number of imidazole rings is 2. The number of fused-ring (bicyclic) bond motifs is 5. The predicted molar refractivity (Wildman–Crippen MR) is 140 cm³/mol. The van der Waals surface area contributed by atoms with Gasteiger partial charge < -0.3 is 35.4 Å². The van der Waals surface area contributed by atoms with Gasteiger partial charge in [0.2, 0.25) is 5.95 Å². The maximum Gasteiger partial charge on any atom is 0.472 e. The van der Waals surface area contributed by atoms with E-state index >= 15 is 4.39 Å². The lowest BCUT2D eigenvalue weighted by Gasteiger charge is -2.25. The number of hydrogen-bond donors (Lipinski definition) is 6. The van der Waals surface area contributed by atoms with Gasteiger partial charge in [0, 0.05) is 6.42 Å². The monoisotopic (exact) mass is 663 g/mol. The summed E-state index contributed by atoms with van der Waals surface area (Å²) in [6, 6.07) is 0. The van der Waals surface area contributed by atoms with Gasteiger partial charge in [-0.15, -0.1) is 0 Å². The van der Waals surface area contributed by atoms with Crippen molar-refractivity contribution >= 4 is 44.9 Å². The molecule has 3 aromatic heterocycles. The number of phosphoric ester groups is 2. The van der Waals surface area contributed by atoms with Crippen molar-refractivity contribution < 1.29 is 56.0 Å². The Balaban J connectivity index is 1.17. The van der Waals surface area contributed by atoms with Crippen LogP contribution in [0.4, 0.5) is 16.2 Å². The zero-order valence-electron chi connectivity index (χ0n) is 22.0. The Kier molecular flexibility index (Phi) is 7.22. The van der Waals surface area contributed by atoms with Gasteiger partial charge in [0.15, 0.2) is 36.0 Å². The summed E-state index contributed by atoms with van der Waals surface area (Å²) in [4.78, 5) is 51.5. The Bertz CT molecular complexity index is 1780. The van der Waals surface area contributed by atoms with E-state index in [4.69, 9.17) is 33.3 Å². The number of nitrogen functional groups attached to an aromatic ring is 1. The molecule has 3 fully saturated rings. The van der Waals surface area contributed by atoms with E-state index in [1.54, 1.807) is 0 Å². The van der Waals surface area contributed by atoms with Crippen molar-refractivity contribution in [2.45, 2.75) is 55.7 Å². The standard InChI is InChI=1S/C20H24FN9O12P2/c21-10-13-9(40-19(10)29-5-25-11-14(29)23-4-24-16(11)31)3-38-43(33,34)41-8-1-7(2-37-44(35,36)42-13)39-18(8)30-6-26-12-15(30)27-20(22)28-17(12)32/h4-10,13,16,18-19,31H,1-3H2,(H,23,24)(H,33,34)(H,35,36)(H3,22,27,28,32)/t7-,8+,9+,10-,13+,16?,18+,19+/m0/s1. The number of aromatic amines is 1. The Morgan fingerprint density at radius 1 is 1.02 bits per heavy atom. The maximum atomic E-state index is 15.8. The van der Waals surface area contributed by atoms with Gasteiger partial charge in [0.05, 0.1) is 38.3 Å². The number of nitrogens with zero attached hydrogens (tertiary/aromatic N) is 6. The molecular weight excluding hydrogens is 639 g/mol. The summed E-state index contributed by atoms with van der Waals surface area (Å²) < 4.78 is 76.8. The molecule has 7 N–H and O–H groups in total. The van der Waals surface area contributed by atoms with Gasteiger partial charge in [-0.2, -0.15) is 4.98 Å². The fraction of sp³-hybridized carbons (Fsp3) is 0.550. The number of halogens is 1. The van der Waals surface area contributed by atoms with E-state index in [0.717, 1.165) is 17.2 Å². The normalized spacial score (nSPS) is 39.2. The van der Waals surface area contributed by atoms with Crippen molar-refractivity contribution in [3.63, 3.8) is 0 Å². The lowest BCUT2D eigenvalue weighted by atomic mass is 10.1. The first-order valence-electron chi connectivity index (χ1n) is 12.9. The molecular formula is C20H24FN9O12P2. The van der Waals surface area contributed by atoms with Crippen molar-refractivity contribution in [3.8, 4) is 0 Å². The third-order valence-corrected chi connectivity index (χ3v) is 9.24. The first-order valence-corrected chi connectivity index (χ1v) is 15.9. The second kappa shape index (κ2) is 10.7. The number of nitrogens with one attached hydrogen (secondary N) is 2. The van der Waals surface area contributed by atoms with Crippen LogP contribution < -0.4 is 16.6 Å². The first kappa shape index (κ1) is 29.6. The number of phosphoric acid groups is 2. The molecule has 4 aliphatic heterocycles. The van der Waals surface area contributed by atoms with Gasteiger partial charge in [-0.3, -0.25) is 37.0 Å². The van der Waals surface area contributed by atoms with Gasteiger partial charge in [-0.25, -0.2) is 28.5 Å². The van der Waals surface area contributed by atoms with Crippen molar-refractivity contribution in [2.75, 3.05) is 24.3 Å². The fourth-order valence-corrected chi connectivity index (χ4v) is 7.25. The molecule has 3 aromatic rings. The molecule has 0 amide bonds. The van der Waals surface area contributed by atoms with E-state index in [9.17, 15) is 28.8 Å². The van der Waals surface area contributed by atoms with Crippen LogP contribution >= 0.6 is 15.6 Å². The van der Waals surface area contributed by atoms with Crippen LogP contribution in [0.15, 0.2) is 22.4 Å². The number of H-pyrrole nitrogens is 1. The summed E-state index contributed by atoms with van der Waals surface area (Å²) in [5.41, 5.74) is 4.94. The second-order valence-electron chi connectivity index (χ2n) is 10.1. The molecule has 0 spiro atoms. The largest absolute Gasteiger partial charge is 0.472 e. The van der Waals surface area contributed by atoms with Crippen LogP contribution in [0.25, 0.3) is 11.2 Å². The minimum atomic E-state index is -5.02. The Morgan fingerprint density at radius 2 is 1.77 bits per heavy atom. The van der Waals surface area contributed by atoms with E-state index in [2.05, 4.69) is 30.2 Å². The molecule has 0 radical (unpaired) electrons. The molecule has 4 aliphatic rings. The molecule has 7 heterocycles. The Hall–Kier alpha value is -3.14. The summed E-state index contributed by atoms with van der Waals surface area (Å²) in [6.07, 6.45) is -8.65. The number of aliphatic imine (C=N–C) groups is 1. The van der Waals surface area contributed by atoms with E-state index in [0.29, 0.717) is 0 Å². The van der Waals surface area contributed by atoms with Gasteiger partial charge >= 0.3 is 15.6 Å². The van der Waals surface area contributed by atoms with Crippen molar-refractivity contribution in [2.24, 2.45) is 4.99 Å². The topological polar surface area (TPSA) is 282 Å². The molecule has 2 bridgehead atoms. The quantitative estimate of drug-likeness (QED) is 0.190. The molecule has 10 atom stereocenters. The highest BCUT2D eigenvalue weighted by molar-refractivity contribution is 7.47. The van der Waals surface area contributed by atoms with Crippen molar-refractivity contribution in [1.82, 2.24) is 29.1 Å². The predicted octanol–water partition coefficient (Wildman–Crippen LogP) is -0.416. The summed E-state index contributed by atoms with van der Waals surface area (Å²) in [5.74, 6) is -0.109. The molecule has 238 valence electrons. The molecule has 7 rings (SSSR count).